The molecule has 1 atom stereocenters. The molecule has 8 nitrogen and oxygen atoms in total. The summed E-state index contributed by atoms with van der Waals surface area (Å²) in [6.45, 7) is 8.60. The summed E-state index contributed by atoms with van der Waals surface area (Å²) in [7, 11) is -4.33. The molecule has 11 heteroatoms. The Bertz CT molecular complexity index is 1460. The van der Waals surface area contributed by atoms with Crippen molar-refractivity contribution in [1.29, 1.82) is 0 Å². The molecule has 0 aliphatic heterocycles. The van der Waals surface area contributed by atoms with E-state index >= 15 is 0 Å². The van der Waals surface area contributed by atoms with Crippen molar-refractivity contribution in [3.63, 3.8) is 0 Å². The van der Waals surface area contributed by atoms with Gasteiger partial charge < -0.3 is 15.0 Å². The topological polar surface area (TPSA) is 96.0 Å². The van der Waals surface area contributed by atoms with E-state index < -0.39 is 45.8 Å². The van der Waals surface area contributed by atoms with Gasteiger partial charge in [0.05, 0.1) is 17.2 Å². The van der Waals surface area contributed by atoms with Crippen molar-refractivity contribution in [2.75, 3.05) is 17.5 Å². The van der Waals surface area contributed by atoms with Gasteiger partial charge in [0.2, 0.25) is 11.8 Å². The first-order chi connectivity index (χ1) is 19.2. The molecular formula is C30H35ClFN3O5S. The summed E-state index contributed by atoms with van der Waals surface area (Å²) in [5.74, 6) is -1.13. The first kappa shape index (κ1) is 31.9. The SMILES string of the molecule is CCOc1ccc(N(CC(=O)N(Cc2ccccc2Cl)[C@@H](C)C(=O)NC(C)(C)C)S(=O)(=O)c2ccc(F)cc2)cc1. The number of carbonyl (C=O) groups excluding carboxylic acids is 2. The Morgan fingerprint density at radius 1 is 1.00 bits per heavy atom. The lowest BCUT2D eigenvalue weighted by Crippen LogP contribution is -2.54. The van der Waals surface area contributed by atoms with Crippen LogP contribution in [0.3, 0.4) is 0 Å². The maximum atomic E-state index is 14.0. The van der Waals surface area contributed by atoms with Crippen molar-refractivity contribution < 1.29 is 27.1 Å². The van der Waals surface area contributed by atoms with Gasteiger partial charge in [-0.15, -0.1) is 0 Å². The molecule has 0 unspecified atom stereocenters. The number of ether oxygens (including phenoxy) is 1. The average molecular weight is 604 g/mol. The van der Waals surface area contributed by atoms with Gasteiger partial charge in [-0.2, -0.15) is 0 Å². The fourth-order valence-electron chi connectivity index (χ4n) is 4.00. The molecule has 41 heavy (non-hydrogen) atoms. The smallest absolute Gasteiger partial charge is 0.264 e. The highest BCUT2D eigenvalue weighted by atomic mass is 35.5. The van der Waals surface area contributed by atoms with E-state index in [2.05, 4.69) is 5.32 Å². The van der Waals surface area contributed by atoms with Crippen molar-refractivity contribution in [3.8, 4) is 5.75 Å². The Morgan fingerprint density at radius 3 is 2.17 bits per heavy atom. The predicted molar refractivity (Wildman–Crippen MR) is 158 cm³/mol. The van der Waals surface area contributed by atoms with E-state index in [4.69, 9.17) is 16.3 Å². The Hall–Kier alpha value is -3.63. The molecule has 3 rings (SSSR count). The molecule has 0 fully saturated rings. The maximum absolute atomic E-state index is 14.0. The first-order valence-corrected chi connectivity index (χ1v) is 14.9. The van der Waals surface area contributed by atoms with Gasteiger partial charge in [-0.25, -0.2) is 12.8 Å². The van der Waals surface area contributed by atoms with E-state index in [1.165, 1.54) is 17.0 Å². The van der Waals surface area contributed by atoms with Crippen LogP contribution in [-0.4, -0.2) is 49.9 Å². The van der Waals surface area contributed by atoms with Crippen molar-refractivity contribution in [2.45, 2.75) is 57.6 Å². The van der Waals surface area contributed by atoms with Crippen LogP contribution in [0.4, 0.5) is 10.1 Å². The largest absolute Gasteiger partial charge is 0.494 e. The number of sulfonamides is 1. The van der Waals surface area contributed by atoms with E-state index in [0.717, 1.165) is 28.6 Å². The van der Waals surface area contributed by atoms with Gasteiger partial charge in [0.15, 0.2) is 0 Å². The third-order valence-corrected chi connectivity index (χ3v) is 8.24. The van der Waals surface area contributed by atoms with Gasteiger partial charge in [0, 0.05) is 17.1 Å². The molecule has 2 amide bonds. The predicted octanol–water partition coefficient (Wildman–Crippen LogP) is 5.41. The van der Waals surface area contributed by atoms with Crippen LogP contribution < -0.4 is 14.4 Å². The molecular weight excluding hydrogens is 569 g/mol. The van der Waals surface area contributed by atoms with Crippen LogP contribution in [0, 0.1) is 5.82 Å². The van der Waals surface area contributed by atoms with Gasteiger partial charge in [0.25, 0.3) is 10.0 Å². The van der Waals surface area contributed by atoms with Crippen LogP contribution in [-0.2, 0) is 26.2 Å². The van der Waals surface area contributed by atoms with E-state index in [1.807, 2.05) is 27.7 Å². The molecule has 1 N–H and O–H groups in total. The standard InChI is InChI=1S/C30H35ClFN3O5S/c1-6-40-25-15-13-24(14-16-25)35(41(38,39)26-17-11-23(32)12-18-26)20-28(36)34(19-22-9-7-8-10-27(22)31)21(2)29(37)33-30(3,4)5/h7-18,21H,6,19-20H2,1-5H3,(H,33,37)/t21-/m0/s1. The van der Waals surface area contributed by atoms with Gasteiger partial charge in [-0.1, -0.05) is 29.8 Å². The number of carbonyl (C=O) groups is 2. The summed E-state index contributed by atoms with van der Waals surface area (Å²) in [5.41, 5.74) is 0.215. The molecule has 3 aromatic carbocycles. The highest BCUT2D eigenvalue weighted by Gasteiger charge is 2.33. The van der Waals surface area contributed by atoms with Crippen molar-refractivity contribution in [2.24, 2.45) is 0 Å². The van der Waals surface area contributed by atoms with Crippen LogP contribution in [0.1, 0.15) is 40.2 Å². The minimum absolute atomic E-state index is 0.0368. The van der Waals surface area contributed by atoms with Crippen molar-refractivity contribution in [1.82, 2.24) is 10.2 Å². The molecule has 0 heterocycles. The number of anilines is 1. The van der Waals surface area contributed by atoms with Crippen LogP contribution in [0.25, 0.3) is 0 Å². The minimum atomic E-state index is -4.33. The van der Waals surface area contributed by atoms with Crippen LogP contribution in [0.5, 0.6) is 5.75 Å². The zero-order chi connectivity index (χ0) is 30.4. The minimum Gasteiger partial charge on any atom is -0.494 e. The van der Waals surface area contributed by atoms with E-state index in [-0.39, 0.29) is 17.1 Å². The average Bonchev–Trinajstić information content (AvgIpc) is 2.90. The first-order valence-electron chi connectivity index (χ1n) is 13.1. The lowest BCUT2D eigenvalue weighted by Gasteiger charge is -2.33. The number of nitrogens with one attached hydrogen (secondary N) is 1. The highest BCUT2D eigenvalue weighted by molar-refractivity contribution is 7.92. The molecule has 3 aromatic rings. The summed E-state index contributed by atoms with van der Waals surface area (Å²) >= 11 is 6.38. The van der Waals surface area contributed by atoms with E-state index in [9.17, 15) is 22.4 Å². The summed E-state index contributed by atoms with van der Waals surface area (Å²) in [5, 5.41) is 3.27. The molecule has 0 aliphatic rings. The molecule has 220 valence electrons. The number of hydrogen-bond acceptors (Lipinski definition) is 5. The van der Waals surface area contributed by atoms with Gasteiger partial charge in [-0.3, -0.25) is 13.9 Å². The fraction of sp³-hybridized carbons (Fsp3) is 0.333. The Morgan fingerprint density at radius 2 is 1.61 bits per heavy atom. The van der Waals surface area contributed by atoms with Crippen LogP contribution in [0.2, 0.25) is 5.02 Å². The quantitative estimate of drug-likeness (QED) is 0.316. The number of amides is 2. The number of benzene rings is 3. The molecule has 0 aliphatic carbocycles. The van der Waals surface area contributed by atoms with Crippen LogP contribution in [0.15, 0.2) is 77.7 Å². The number of halogens is 2. The second-order valence-corrected chi connectivity index (χ2v) is 12.7. The summed E-state index contributed by atoms with van der Waals surface area (Å²) in [6.07, 6.45) is 0. The van der Waals surface area contributed by atoms with Gasteiger partial charge >= 0.3 is 0 Å². The number of nitrogens with zero attached hydrogens (tertiary/aromatic N) is 2. The Kier molecular flexibility index (Phi) is 10.4. The molecule has 0 aromatic heterocycles. The molecule has 0 saturated heterocycles. The highest BCUT2D eigenvalue weighted by Crippen LogP contribution is 2.27. The summed E-state index contributed by atoms with van der Waals surface area (Å²) in [4.78, 5) is 28.2. The third kappa shape index (κ3) is 8.43. The lowest BCUT2D eigenvalue weighted by atomic mass is 10.1. The van der Waals surface area contributed by atoms with Crippen molar-refractivity contribution >= 4 is 39.1 Å². The van der Waals surface area contributed by atoms with Crippen molar-refractivity contribution in [3.05, 3.63) is 89.2 Å². The molecule has 0 radical (unpaired) electrons. The fourth-order valence-corrected chi connectivity index (χ4v) is 5.61. The zero-order valence-corrected chi connectivity index (χ0v) is 25.3. The van der Waals surface area contributed by atoms with Gasteiger partial charge in [-0.05, 0) is 94.8 Å². The van der Waals surface area contributed by atoms with E-state index in [0.29, 0.717) is 22.9 Å². The second-order valence-electron chi connectivity index (χ2n) is 10.4. The zero-order valence-electron chi connectivity index (χ0n) is 23.7. The maximum Gasteiger partial charge on any atom is 0.264 e. The number of rotatable bonds is 11. The van der Waals surface area contributed by atoms with E-state index in [1.54, 1.807) is 43.3 Å². The Balaban J connectivity index is 2.05. The number of hydrogen-bond donors (Lipinski definition) is 1. The third-order valence-electron chi connectivity index (χ3n) is 6.08. The molecule has 0 spiro atoms. The summed E-state index contributed by atoms with van der Waals surface area (Å²) in [6, 6.07) is 16.5. The Labute approximate surface area is 246 Å². The second kappa shape index (κ2) is 13.4. The molecule has 0 saturated carbocycles. The monoisotopic (exact) mass is 603 g/mol. The van der Waals surface area contributed by atoms with Crippen LogP contribution >= 0.6 is 11.6 Å². The van der Waals surface area contributed by atoms with Gasteiger partial charge in [0.1, 0.15) is 24.2 Å². The lowest BCUT2D eigenvalue weighted by molar-refractivity contribution is -0.140. The molecule has 0 bridgehead atoms. The summed E-state index contributed by atoms with van der Waals surface area (Å²) < 4.78 is 47.7. The normalized spacial score (nSPS) is 12.4.